The number of anilines is 6. The summed E-state index contributed by atoms with van der Waals surface area (Å²) >= 11 is 0. The van der Waals surface area contributed by atoms with Gasteiger partial charge in [-0.2, -0.15) is 5.26 Å². The number of hydrogen-bond donors (Lipinski definition) is 0. The Balaban J connectivity index is 0.965. The van der Waals surface area contributed by atoms with E-state index in [1.165, 1.54) is 38.6 Å². The zero-order chi connectivity index (χ0) is 85.7. The number of fused-ring (bicyclic) bond motifs is 13. The smallest absolute Gasteiger partial charge is 0.252 e. The van der Waals surface area contributed by atoms with Gasteiger partial charge in [-0.25, -0.2) is 0 Å². The van der Waals surface area contributed by atoms with Gasteiger partial charge in [-0.1, -0.05) is 292 Å². The third-order valence-corrected chi connectivity index (χ3v) is 25.0. The van der Waals surface area contributed by atoms with Crippen molar-refractivity contribution in [1.82, 2.24) is 13.7 Å². The molecule has 0 aliphatic carbocycles. The van der Waals surface area contributed by atoms with Gasteiger partial charge in [0.25, 0.3) is 6.71 Å². The quantitative estimate of drug-likeness (QED) is 0.135. The summed E-state index contributed by atoms with van der Waals surface area (Å²) in [5.74, 6) is 0. The zero-order valence-corrected chi connectivity index (χ0v) is 69.9. The highest BCUT2D eigenvalue weighted by molar-refractivity contribution is 7.00. The van der Waals surface area contributed by atoms with Crippen molar-refractivity contribution < 1.29 is 6.85 Å². The summed E-state index contributed by atoms with van der Waals surface area (Å²) in [6.45, 7) is 33.7. The Labute approximate surface area is 701 Å². The van der Waals surface area contributed by atoms with Gasteiger partial charge in [-0.05, 0) is 243 Å². The molecule has 0 radical (unpaired) electrons. The summed E-state index contributed by atoms with van der Waals surface area (Å²) in [6.07, 6.45) is 0. The van der Waals surface area contributed by atoms with Crippen molar-refractivity contribution in [2.24, 2.45) is 0 Å². The molecule has 0 saturated heterocycles. The topological polar surface area (TPSA) is 45.1 Å². The van der Waals surface area contributed by atoms with Gasteiger partial charge in [0.1, 0.15) is 0 Å². The van der Waals surface area contributed by atoms with Crippen LogP contribution in [0, 0.1) is 11.3 Å². The summed E-state index contributed by atoms with van der Waals surface area (Å²) in [5.41, 5.74) is 29.7. The zero-order valence-electron chi connectivity index (χ0n) is 74.9. The first kappa shape index (κ1) is 68.1. The van der Waals surface area contributed by atoms with Crippen LogP contribution in [0.2, 0.25) is 0 Å². The van der Waals surface area contributed by atoms with Crippen LogP contribution in [0.25, 0.3) is 127 Å². The minimum absolute atomic E-state index is 0.0839. The van der Waals surface area contributed by atoms with Crippen LogP contribution >= 0.6 is 0 Å². The van der Waals surface area contributed by atoms with Crippen LogP contribution in [0.1, 0.15) is 144 Å². The molecule has 0 saturated carbocycles. The molecule has 0 spiro atoms. The van der Waals surface area contributed by atoms with Gasteiger partial charge < -0.3 is 23.5 Å². The Hall–Kier alpha value is -13.1. The van der Waals surface area contributed by atoms with Gasteiger partial charge in [0, 0.05) is 72.1 Å². The van der Waals surface area contributed by atoms with Crippen LogP contribution in [0.3, 0.4) is 0 Å². The molecule has 0 amide bonds. The fourth-order valence-electron chi connectivity index (χ4n) is 18.7. The number of nitriles is 1. The molecule has 0 fully saturated rings. The maximum Gasteiger partial charge on any atom is 0.252 e. The summed E-state index contributed by atoms with van der Waals surface area (Å²) in [5, 5.41) is 17.1. The Kier molecular flexibility index (Phi) is 15.6. The first-order chi connectivity index (χ1) is 58.7. The molecule has 0 N–H and O–H groups in total. The summed E-state index contributed by atoms with van der Waals surface area (Å²) in [6, 6.07) is 105. The van der Waals surface area contributed by atoms with E-state index < -0.39 is 24.8 Å². The second-order valence-electron chi connectivity index (χ2n) is 37.8. The van der Waals surface area contributed by atoms with Crippen molar-refractivity contribution in [3.63, 3.8) is 0 Å². The van der Waals surface area contributed by atoms with E-state index in [2.05, 4.69) is 406 Å². The van der Waals surface area contributed by atoms with Crippen LogP contribution < -0.4 is 26.2 Å². The van der Waals surface area contributed by atoms with Gasteiger partial charge in [0.05, 0.1) is 63.0 Å². The van der Waals surface area contributed by atoms with Crippen LogP contribution in [0.15, 0.2) is 315 Å². The highest BCUT2D eigenvalue weighted by atomic mass is 15.2. The molecule has 0 bridgehead atoms. The van der Waals surface area contributed by atoms with E-state index in [1.807, 2.05) is 12.1 Å². The molecule has 7 heteroatoms. The number of aromatic nitrogens is 3. The molecule has 2 aliphatic rings. The molecule has 18 aromatic rings. The molecule has 6 nitrogen and oxygen atoms in total. The standard InChI is InChI=1S/C111H97BN6/c1-107(2,3)78-44-51-95-89(64-78)88-54-69(68-113)42-50-94(88)114(95)84-47-49-93-101(67-84)118(99-41-29-39-87-86-38-28-40-98(105(86)116(106(87)99)83-36-26-19-27-37-83)117-96-52-45-79(108(4,5)6)65-90(96)91-66-80(109(7,8)9)46-53-97(91)117)103-62-77(72-34-24-18-25-35-72)61-102-104(103)112(93)92-48-43-73(76-56-81(110(10,11)12)63-82(57-76)111(13,14)15)60-100(92)115(102)85-58-74(70-30-20-16-21-31-70)55-75(59-85)71-32-22-17-23-33-71/h16-67H,1-15H3/i18D,24D,25D,34D,35D. The molecule has 574 valence electrons. The van der Waals surface area contributed by atoms with Gasteiger partial charge in [0.15, 0.2) is 0 Å². The Morgan fingerprint density at radius 3 is 1.24 bits per heavy atom. The van der Waals surface area contributed by atoms with Crippen molar-refractivity contribution in [2.45, 2.75) is 131 Å². The molecular formula is C111H97BN6. The Bertz CT molecular complexity index is 7350. The average Bonchev–Trinajstić information content (AvgIpc) is 1.63. The van der Waals surface area contributed by atoms with Crippen molar-refractivity contribution in [1.29, 1.82) is 5.26 Å². The monoisotopic (exact) mass is 1530 g/mol. The maximum absolute atomic E-state index is 10.7. The van der Waals surface area contributed by atoms with Gasteiger partial charge in [-0.3, -0.25) is 0 Å². The lowest BCUT2D eigenvalue weighted by molar-refractivity contribution is 0.569. The molecule has 15 aromatic carbocycles. The Morgan fingerprint density at radius 2 is 0.712 bits per heavy atom. The van der Waals surface area contributed by atoms with E-state index in [0.29, 0.717) is 11.1 Å². The van der Waals surface area contributed by atoms with Crippen LogP contribution in [0.5, 0.6) is 0 Å². The third kappa shape index (κ3) is 12.1. The highest BCUT2D eigenvalue weighted by Crippen LogP contribution is 2.53. The van der Waals surface area contributed by atoms with Crippen LogP contribution in [0.4, 0.5) is 34.1 Å². The fraction of sp³-hybridized carbons (Fsp3) is 0.180. The van der Waals surface area contributed by atoms with E-state index in [4.69, 9.17) is 0 Å². The predicted octanol–water partition coefficient (Wildman–Crippen LogP) is 28.1. The second-order valence-corrected chi connectivity index (χ2v) is 37.8. The van der Waals surface area contributed by atoms with Crippen molar-refractivity contribution in [3.8, 4) is 67.6 Å². The van der Waals surface area contributed by atoms with E-state index in [0.717, 1.165) is 156 Å². The summed E-state index contributed by atoms with van der Waals surface area (Å²) < 4.78 is 56.1. The lowest BCUT2D eigenvalue weighted by atomic mass is 9.33. The van der Waals surface area contributed by atoms with Crippen LogP contribution in [-0.4, -0.2) is 20.4 Å². The number of hydrogen-bond acceptors (Lipinski definition) is 3. The molecule has 0 unspecified atom stereocenters. The van der Waals surface area contributed by atoms with E-state index in [1.54, 1.807) is 0 Å². The molecular weight excluding hydrogens is 1430 g/mol. The van der Waals surface area contributed by atoms with Crippen molar-refractivity contribution in [2.75, 3.05) is 9.80 Å². The van der Waals surface area contributed by atoms with Crippen molar-refractivity contribution in [3.05, 3.63) is 349 Å². The molecule has 118 heavy (non-hydrogen) atoms. The second kappa shape index (κ2) is 27.0. The minimum atomic E-state index is -0.494. The normalized spacial score (nSPS) is 13.7. The number of rotatable bonds is 9. The average molecular weight is 1530 g/mol. The van der Waals surface area contributed by atoms with Gasteiger partial charge in [-0.15, -0.1) is 0 Å². The van der Waals surface area contributed by atoms with Crippen molar-refractivity contribution >= 4 is 123 Å². The molecule has 0 atom stereocenters. The number of nitrogens with zero attached hydrogens (tertiary/aromatic N) is 6. The number of benzene rings is 15. The molecule has 5 heterocycles. The fourth-order valence-corrected chi connectivity index (χ4v) is 18.7. The molecule has 20 rings (SSSR count). The van der Waals surface area contributed by atoms with E-state index >= 15 is 0 Å². The largest absolute Gasteiger partial charge is 0.311 e. The number of para-hydroxylation sites is 3. The van der Waals surface area contributed by atoms with Gasteiger partial charge in [0.2, 0.25) is 0 Å². The van der Waals surface area contributed by atoms with Gasteiger partial charge >= 0.3 is 0 Å². The first-order valence-electron chi connectivity index (χ1n) is 44.0. The highest BCUT2D eigenvalue weighted by Gasteiger charge is 2.45. The van der Waals surface area contributed by atoms with E-state index in [9.17, 15) is 12.1 Å². The lowest BCUT2D eigenvalue weighted by Crippen LogP contribution is -2.61. The van der Waals surface area contributed by atoms with Crippen LogP contribution in [-0.2, 0) is 27.1 Å². The summed E-state index contributed by atoms with van der Waals surface area (Å²) in [4.78, 5) is 4.88. The third-order valence-electron chi connectivity index (χ3n) is 25.0. The lowest BCUT2D eigenvalue weighted by Gasteiger charge is -2.45. The Morgan fingerprint density at radius 1 is 0.271 bits per heavy atom. The summed E-state index contributed by atoms with van der Waals surface area (Å²) in [7, 11) is 0. The predicted molar refractivity (Wildman–Crippen MR) is 503 cm³/mol. The van der Waals surface area contributed by atoms with E-state index in [-0.39, 0.29) is 44.7 Å². The molecule has 3 aromatic heterocycles. The first-order valence-corrected chi connectivity index (χ1v) is 41.5. The molecule has 2 aliphatic heterocycles. The SMILES string of the molecule is [2H]c1c([2H])c([2H])c(-c2cc3c4c(c2)N(c2cccc5c6cccc(-n7c8ccc(C(C)(C)C)cc8c8cc(C(C)(C)C)ccc87)c6n(-c6ccccc6)c25)c2cc(-n5c6ccc(C#N)cc6c6cc(C(C)(C)C)ccc65)ccc2B4c2ccc(-c4cc(C(C)(C)C)cc(C(C)(C)C)c4)cc2N3c2cc(-c3ccccc3)cc(-c3ccccc3)c2)c([2H])c1[2H]. The maximum atomic E-state index is 10.7. The minimum Gasteiger partial charge on any atom is -0.311 e.